The highest BCUT2D eigenvalue weighted by molar-refractivity contribution is 7.90. The first-order valence-corrected chi connectivity index (χ1v) is 9.21. The van der Waals surface area contributed by atoms with Gasteiger partial charge in [0.05, 0.1) is 4.90 Å². The van der Waals surface area contributed by atoms with Gasteiger partial charge in [-0.3, -0.25) is 0 Å². The highest BCUT2D eigenvalue weighted by Crippen LogP contribution is 2.48. The second kappa shape index (κ2) is 5.77. The van der Waals surface area contributed by atoms with Gasteiger partial charge in [0, 0.05) is 19.1 Å². The average molecular weight is 352 g/mol. The van der Waals surface area contributed by atoms with E-state index in [0.717, 1.165) is 6.26 Å². The Balaban J connectivity index is 2.07. The van der Waals surface area contributed by atoms with Crippen LogP contribution in [0.3, 0.4) is 0 Å². The summed E-state index contributed by atoms with van der Waals surface area (Å²) in [5.74, 6) is -3.29. The van der Waals surface area contributed by atoms with Crippen molar-refractivity contribution < 1.29 is 21.6 Å². The molecule has 0 unspecified atom stereocenters. The molecule has 3 rings (SSSR count). The van der Waals surface area contributed by atoms with Gasteiger partial charge in [0.1, 0.15) is 5.82 Å². The molecule has 2 aromatic carbocycles. The number of halogens is 3. The molecule has 2 nitrogen and oxygen atoms in total. The van der Waals surface area contributed by atoms with E-state index in [-0.39, 0.29) is 4.90 Å². The zero-order valence-corrected chi connectivity index (χ0v) is 13.7. The van der Waals surface area contributed by atoms with Crippen LogP contribution in [0.5, 0.6) is 0 Å². The van der Waals surface area contributed by atoms with Gasteiger partial charge in [0.2, 0.25) is 0 Å². The van der Waals surface area contributed by atoms with E-state index in [1.807, 2.05) is 0 Å². The largest absolute Gasteiger partial charge is 0.256 e. The van der Waals surface area contributed by atoms with E-state index >= 15 is 0 Å². The van der Waals surface area contributed by atoms with Crippen LogP contribution in [0.2, 0.25) is 0 Å². The number of sulfone groups is 1. The van der Waals surface area contributed by atoms with E-state index in [4.69, 9.17) is 0 Å². The summed E-state index contributed by atoms with van der Waals surface area (Å²) < 4.78 is 64.0. The molecule has 0 N–H and O–H groups in total. The molecule has 0 heterocycles. The lowest BCUT2D eigenvalue weighted by atomic mass is 9.97. The molecule has 0 radical (unpaired) electrons. The molecule has 0 fully saturated rings. The van der Waals surface area contributed by atoms with E-state index in [2.05, 4.69) is 0 Å². The number of hydrogen-bond donors (Lipinski definition) is 0. The third kappa shape index (κ3) is 3.38. The summed E-state index contributed by atoms with van der Waals surface area (Å²) in [6, 6.07) is 11.3. The van der Waals surface area contributed by atoms with Crippen molar-refractivity contribution in [2.24, 2.45) is 0 Å². The molecular weight excluding hydrogens is 337 g/mol. The van der Waals surface area contributed by atoms with Gasteiger partial charge in [-0.05, 0) is 46.5 Å². The first-order valence-electron chi connectivity index (χ1n) is 7.32. The van der Waals surface area contributed by atoms with Crippen LogP contribution in [0.1, 0.15) is 24.0 Å². The van der Waals surface area contributed by atoms with Crippen molar-refractivity contribution in [3.63, 3.8) is 0 Å². The molecular formula is C18H15F3O2S. The fraction of sp³-hybridized carbons (Fsp3) is 0.222. The lowest BCUT2D eigenvalue weighted by Gasteiger charge is -2.09. The summed E-state index contributed by atoms with van der Waals surface area (Å²) in [6.45, 7) is 0. The second-order valence-electron chi connectivity index (χ2n) is 5.97. The molecule has 0 saturated heterocycles. The third-order valence-electron chi connectivity index (χ3n) is 4.06. The number of benzene rings is 2. The normalized spacial score (nSPS) is 17.3. The minimum absolute atomic E-state index is 0.139. The van der Waals surface area contributed by atoms with Crippen LogP contribution >= 0.6 is 0 Å². The van der Waals surface area contributed by atoms with Crippen LogP contribution < -0.4 is 0 Å². The summed E-state index contributed by atoms with van der Waals surface area (Å²) in [7, 11) is -3.34. The van der Waals surface area contributed by atoms with Crippen molar-refractivity contribution in [2.75, 3.05) is 6.26 Å². The maximum absolute atomic E-state index is 14.0. The third-order valence-corrected chi connectivity index (χ3v) is 5.19. The molecule has 0 aromatic heterocycles. The van der Waals surface area contributed by atoms with Gasteiger partial charge in [-0.15, -0.1) is 0 Å². The van der Waals surface area contributed by atoms with Crippen molar-refractivity contribution >= 4 is 21.0 Å². The predicted octanol–water partition coefficient (Wildman–Crippen LogP) is 4.57. The molecule has 6 heteroatoms. The number of rotatable bonds is 3. The van der Waals surface area contributed by atoms with Gasteiger partial charge < -0.3 is 0 Å². The predicted molar refractivity (Wildman–Crippen MR) is 86.9 cm³/mol. The van der Waals surface area contributed by atoms with Crippen LogP contribution in [0.4, 0.5) is 13.2 Å². The van der Waals surface area contributed by atoms with Crippen molar-refractivity contribution in [1.29, 1.82) is 0 Å². The summed E-state index contributed by atoms with van der Waals surface area (Å²) >= 11 is 0. The number of hydrogen-bond acceptors (Lipinski definition) is 2. The fourth-order valence-electron chi connectivity index (χ4n) is 2.90. The lowest BCUT2D eigenvalue weighted by Crippen LogP contribution is -2.10. The van der Waals surface area contributed by atoms with Crippen LogP contribution in [-0.4, -0.2) is 20.6 Å². The van der Waals surface area contributed by atoms with Gasteiger partial charge in [-0.2, -0.15) is 0 Å². The lowest BCUT2D eigenvalue weighted by molar-refractivity contribution is 0.0187. The molecule has 24 heavy (non-hydrogen) atoms. The Hall–Kier alpha value is -2.08. The minimum Gasteiger partial charge on any atom is -0.224 e. The molecule has 0 aliphatic heterocycles. The minimum atomic E-state index is -3.34. The first kappa shape index (κ1) is 16.8. The SMILES string of the molecule is CS(=O)(=O)c1ccc(C2=C(c3ccc(F)cc3)CC(F)(F)C2)cc1. The van der Waals surface area contributed by atoms with Gasteiger partial charge in [0.15, 0.2) is 9.84 Å². The standard InChI is InChI=1S/C18H15F3O2S/c1-24(22,23)15-8-4-13(5-9-15)17-11-18(20,21)10-16(17)12-2-6-14(19)7-3-12/h2-9H,10-11H2,1H3. The zero-order chi connectivity index (χ0) is 17.5. The molecule has 0 spiro atoms. The van der Waals surface area contributed by atoms with Crippen LogP contribution in [0, 0.1) is 5.82 Å². The van der Waals surface area contributed by atoms with E-state index < -0.39 is 34.4 Å². The molecule has 0 atom stereocenters. The highest BCUT2D eigenvalue weighted by atomic mass is 32.2. The van der Waals surface area contributed by atoms with Gasteiger partial charge in [-0.1, -0.05) is 24.3 Å². The highest BCUT2D eigenvalue weighted by Gasteiger charge is 2.39. The van der Waals surface area contributed by atoms with Crippen molar-refractivity contribution in [1.82, 2.24) is 0 Å². The van der Waals surface area contributed by atoms with Crippen LogP contribution in [0.25, 0.3) is 11.1 Å². The summed E-state index contributed by atoms with van der Waals surface area (Å²) in [5.41, 5.74) is 2.04. The molecule has 0 saturated carbocycles. The smallest absolute Gasteiger partial charge is 0.224 e. The monoisotopic (exact) mass is 352 g/mol. The Morgan fingerprint density at radius 2 is 1.25 bits per heavy atom. The fourth-order valence-corrected chi connectivity index (χ4v) is 3.53. The quantitative estimate of drug-likeness (QED) is 0.811. The number of alkyl halides is 2. The van der Waals surface area contributed by atoms with E-state index in [1.54, 1.807) is 0 Å². The maximum Gasteiger partial charge on any atom is 0.256 e. The Bertz CT molecular complexity index is 896. The number of allylic oxidation sites excluding steroid dienone is 2. The van der Waals surface area contributed by atoms with E-state index in [9.17, 15) is 21.6 Å². The van der Waals surface area contributed by atoms with Crippen LogP contribution in [-0.2, 0) is 9.84 Å². The zero-order valence-electron chi connectivity index (χ0n) is 12.9. The van der Waals surface area contributed by atoms with Crippen molar-refractivity contribution in [3.8, 4) is 0 Å². The topological polar surface area (TPSA) is 34.1 Å². The first-order chi connectivity index (χ1) is 11.2. The second-order valence-corrected chi connectivity index (χ2v) is 7.99. The molecule has 2 aromatic rings. The molecule has 1 aliphatic carbocycles. The maximum atomic E-state index is 14.0. The van der Waals surface area contributed by atoms with E-state index in [1.165, 1.54) is 48.5 Å². The average Bonchev–Trinajstić information content (AvgIpc) is 2.83. The van der Waals surface area contributed by atoms with E-state index in [0.29, 0.717) is 22.3 Å². The molecule has 0 bridgehead atoms. The van der Waals surface area contributed by atoms with Gasteiger partial charge in [0.25, 0.3) is 5.92 Å². The Morgan fingerprint density at radius 1 is 0.833 bits per heavy atom. The Morgan fingerprint density at radius 3 is 1.67 bits per heavy atom. The Labute approximate surface area is 138 Å². The van der Waals surface area contributed by atoms with Gasteiger partial charge in [-0.25, -0.2) is 21.6 Å². The summed E-state index contributed by atoms with van der Waals surface area (Å²) in [5, 5.41) is 0. The van der Waals surface area contributed by atoms with Crippen LogP contribution in [0.15, 0.2) is 53.4 Å². The Kier molecular flexibility index (Phi) is 4.03. The molecule has 126 valence electrons. The van der Waals surface area contributed by atoms with Crippen molar-refractivity contribution in [2.45, 2.75) is 23.7 Å². The molecule has 1 aliphatic rings. The summed E-state index contributed by atoms with van der Waals surface area (Å²) in [4.78, 5) is 0.139. The van der Waals surface area contributed by atoms with Gasteiger partial charge >= 0.3 is 0 Å². The van der Waals surface area contributed by atoms with Crippen molar-refractivity contribution in [3.05, 3.63) is 65.5 Å². The summed E-state index contributed by atoms with van der Waals surface area (Å²) in [6.07, 6.45) is 0.259. The molecule has 0 amide bonds.